The summed E-state index contributed by atoms with van der Waals surface area (Å²) in [5.41, 5.74) is 1.96. The fraction of sp³-hybridized carbons (Fsp3) is 0.118. The summed E-state index contributed by atoms with van der Waals surface area (Å²) in [5, 5.41) is 4.24. The van der Waals surface area contributed by atoms with E-state index in [1.165, 1.54) is 5.56 Å². The lowest BCUT2D eigenvalue weighted by Gasteiger charge is -2.10. The number of aryl methyl sites for hydroxylation is 1. The van der Waals surface area contributed by atoms with Crippen molar-refractivity contribution in [1.29, 1.82) is 0 Å². The molecular formula is C17H13ClO. The van der Waals surface area contributed by atoms with Crippen molar-refractivity contribution in [1.82, 2.24) is 0 Å². The molecule has 0 spiro atoms. The summed E-state index contributed by atoms with van der Waals surface area (Å²) in [4.78, 5) is 11.5. The highest BCUT2D eigenvalue weighted by atomic mass is 35.5. The normalized spacial score (nSPS) is 11.0. The summed E-state index contributed by atoms with van der Waals surface area (Å²) in [5.74, 6) is 0.586. The van der Waals surface area contributed by atoms with E-state index >= 15 is 0 Å². The van der Waals surface area contributed by atoms with Gasteiger partial charge in [0.2, 0.25) is 0 Å². The highest BCUT2D eigenvalue weighted by Crippen LogP contribution is 2.29. The topological polar surface area (TPSA) is 17.1 Å². The Balaban J connectivity index is 2.47. The quantitative estimate of drug-likeness (QED) is 0.386. The number of halogens is 1. The van der Waals surface area contributed by atoms with Gasteiger partial charge in [0.15, 0.2) is 6.29 Å². The number of aldehydes is 1. The highest BCUT2D eigenvalue weighted by molar-refractivity contribution is 6.18. The molecule has 0 saturated heterocycles. The van der Waals surface area contributed by atoms with E-state index in [-0.39, 0.29) is 0 Å². The largest absolute Gasteiger partial charge is 0.298 e. The van der Waals surface area contributed by atoms with Gasteiger partial charge in [-0.1, -0.05) is 42.5 Å². The minimum Gasteiger partial charge on any atom is -0.298 e. The van der Waals surface area contributed by atoms with Crippen LogP contribution in [0.1, 0.15) is 15.9 Å². The molecule has 19 heavy (non-hydrogen) atoms. The molecule has 3 rings (SSSR count). The number of benzene rings is 3. The third-order valence-electron chi connectivity index (χ3n) is 3.52. The Labute approximate surface area is 116 Å². The van der Waals surface area contributed by atoms with Gasteiger partial charge in [-0.2, -0.15) is 0 Å². The summed E-state index contributed by atoms with van der Waals surface area (Å²) in [6.07, 6.45) is 1.77. The van der Waals surface area contributed by atoms with Crippen molar-refractivity contribution in [2.75, 3.05) is 5.88 Å². The first kappa shape index (κ1) is 12.2. The minimum absolute atomic E-state index is 0.586. The van der Waals surface area contributed by atoms with Crippen molar-refractivity contribution in [2.24, 2.45) is 0 Å². The van der Waals surface area contributed by atoms with Crippen LogP contribution < -0.4 is 0 Å². The lowest BCUT2D eigenvalue weighted by atomic mass is 9.94. The first-order chi connectivity index (χ1) is 9.35. The van der Waals surface area contributed by atoms with E-state index < -0.39 is 0 Å². The van der Waals surface area contributed by atoms with Gasteiger partial charge in [-0.25, -0.2) is 0 Å². The number of hydrogen-bond acceptors (Lipinski definition) is 1. The Bertz CT molecular complexity index is 762. The molecule has 0 bridgehead atoms. The van der Waals surface area contributed by atoms with Crippen LogP contribution in [-0.2, 0) is 6.42 Å². The predicted molar refractivity (Wildman–Crippen MR) is 81.3 cm³/mol. The molecule has 0 fully saturated rings. The smallest absolute Gasteiger partial charge is 0.151 e. The molecule has 94 valence electrons. The van der Waals surface area contributed by atoms with E-state index in [4.69, 9.17) is 11.6 Å². The van der Waals surface area contributed by atoms with Crippen LogP contribution in [0.5, 0.6) is 0 Å². The van der Waals surface area contributed by atoms with E-state index in [1.807, 2.05) is 36.4 Å². The minimum atomic E-state index is 0.586. The van der Waals surface area contributed by atoms with Crippen LogP contribution in [0.4, 0.5) is 0 Å². The van der Waals surface area contributed by atoms with Gasteiger partial charge in [-0.15, -0.1) is 11.6 Å². The van der Waals surface area contributed by atoms with Crippen molar-refractivity contribution >= 4 is 39.4 Å². The second kappa shape index (κ2) is 5.02. The fourth-order valence-corrected chi connectivity index (χ4v) is 2.84. The van der Waals surface area contributed by atoms with Gasteiger partial charge in [0.1, 0.15) is 0 Å². The third kappa shape index (κ3) is 2.00. The number of alkyl halides is 1. The summed E-state index contributed by atoms with van der Waals surface area (Å²) in [7, 11) is 0. The third-order valence-corrected chi connectivity index (χ3v) is 3.71. The molecule has 0 aliphatic rings. The first-order valence-electron chi connectivity index (χ1n) is 6.29. The molecule has 0 saturated carbocycles. The number of hydrogen-bond donors (Lipinski definition) is 0. The number of rotatable bonds is 3. The lowest BCUT2D eigenvalue weighted by molar-refractivity contribution is 0.112. The van der Waals surface area contributed by atoms with Crippen molar-refractivity contribution in [3.8, 4) is 0 Å². The van der Waals surface area contributed by atoms with Crippen LogP contribution in [0.3, 0.4) is 0 Å². The summed E-state index contributed by atoms with van der Waals surface area (Å²) in [6.45, 7) is 0. The van der Waals surface area contributed by atoms with E-state index in [2.05, 4.69) is 12.1 Å². The molecular weight excluding hydrogens is 256 g/mol. The van der Waals surface area contributed by atoms with Crippen molar-refractivity contribution in [2.45, 2.75) is 6.42 Å². The van der Waals surface area contributed by atoms with Crippen molar-refractivity contribution < 1.29 is 4.79 Å². The maximum atomic E-state index is 11.5. The average molecular weight is 269 g/mol. The molecule has 0 radical (unpaired) electrons. The zero-order chi connectivity index (χ0) is 13.2. The average Bonchev–Trinajstić information content (AvgIpc) is 2.45. The second-order valence-corrected chi connectivity index (χ2v) is 4.96. The molecule has 0 amide bonds. The summed E-state index contributed by atoms with van der Waals surface area (Å²) >= 11 is 5.86. The Morgan fingerprint density at radius 3 is 2.53 bits per heavy atom. The van der Waals surface area contributed by atoms with Crippen LogP contribution in [0.25, 0.3) is 21.5 Å². The van der Waals surface area contributed by atoms with Crippen LogP contribution in [0.15, 0.2) is 48.5 Å². The standard InChI is InChI=1S/C17H13ClO/c18-9-8-12-5-3-7-15-16(12)10-13-4-1-2-6-14(13)17(15)11-19/h1-7,10-11H,8-9H2. The number of fused-ring (bicyclic) bond motifs is 2. The Kier molecular flexibility index (Phi) is 3.22. The van der Waals surface area contributed by atoms with Gasteiger partial charge in [-0.3, -0.25) is 4.79 Å². The Morgan fingerprint density at radius 1 is 0.947 bits per heavy atom. The molecule has 0 aromatic heterocycles. The van der Waals surface area contributed by atoms with Crippen molar-refractivity contribution in [3.05, 3.63) is 59.7 Å². The van der Waals surface area contributed by atoms with Crippen LogP contribution in [-0.4, -0.2) is 12.2 Å². The predicted octanol–water partition coefficient (Wildman–Crippen LogP) is 4.59. The van der Waals surface area contributed by atoms with Gasteiger partial charge >= 0.3 is 0 Å². The molecule has 0 atom stereocenters. The second-order valence-electron chi connectivity index (χ2n) is 4.58. The molecule has 0 aliphatic heterocycles. The molecule has 0 N–H and O–H groups in total. The van der Waals surface area contributed by atoms with Gasteiger partial charge in [-0.05, 0) is 39.6 Å². The van der Waals surface area contributed by atoms with Gasteiger partial charge in [0.05, 0.1) is 0 Å². The summed E-state index contributed by atoms with van der Waals surface area (Å²) in [6, 6.07) is 16.2. The summed E-state index contributed by atoms with van der Waals surface area (Å²) < 4.78 is 0. The molecule has 3 aromatic rings. The SMILES string of the molecule is O=Cc1c2ccccc2cc2c(CCCl)cccc12. The van der Waals surface area contributed by atoms with Crippen LogP contribution in [0.2, 0.25) is 0 Å². The maximum Gasteiger partial charge on any atom is 0.151 e. The van der Waals surface area contributed by atoms with E-state index in [9.17, 15) is 4.79 Å². The van der Waals surface area contributed by atoms with Crippen LogP contribution >= 0.6 is 11.6 Å². The zero-order valence-corrected chi connectivity index (χ0v) is 11.2. The van der Waals surface area contributed by atoms with Gasteiger partial charge in [0.25, 0.3) is 0 Å². The lowest BCUT2D eigenvalue weighted by Crippen LogP contribution is -1.92. The Hall–Kier alpha value is -1.86. The van der Waals surface area contributed by atoms with E-state index in [0.717, 1.165) is 39.8 Å². The highest BCUT2D eigenvalue weighted by Gasteiger charge is 2.09. The fourth-order valence-electron chi connectivity index (χ4n) is 2.63. The monoisotopic (exact) mass is 268 g/mol. The van der Waals surface area contributed by atoms with Gasteiger partial charge < -0.3 is 0 Å². The van der Waals surface area contributed by atoms with Gasteiger partial charge in [0, 0.05) is 11.4 Å². The molecule has 0 heterocycles. The van der Waals surface area contributed by atoms with Crippen LogP contribution in [0, 0.1) is 0 Å². The van der Waals surface area contributed by atoms with E-state index in [1.54, 1.807) is 0 Å². The van der Waals surface area contributed by atoms with Crippen molar-refractivity contribution in [3.63, 3.8) is 0 Å². The number of carbonyl (C=O) groups excluding carboxylic acids is 1. The molecule has 0 unspecified atom stereocenters. The number of carbonyl (C=O) groups is 1. The molecule has 1 nitrogen and oxygen atoms in total. The zero-order valence-electron chi connectivity index (χ0n) is 10.4. The Morgan fingerprint density at radius 2 is 1.74 bits per heavy atom. The molecule has 3 aromatic carbocycles. The molecule has 2 heteroatoms. The van der Waals surface area contributed by atoms with E-state index in [0.29, 0.717) is 5.88 Å². The maximum absolute atomic E-state index is 11.5. The molecule has 0 aliphatic carbocycles. The first-order valence-corrected chi connectivity index (χ1v) is 6.83.